The molecule has 1 amide bonds. The number of methoxy groups -OCH3 is 1. The lowest BCUT2D eigenvalue weighted by Crippen LogP contribution is -2.52. The molecule has 21 nitrogen and oxygen atoms in total. The van der Waals surface area contributed by atoms with Gasteiger partial charge in [-0.3, -0.25) is 4.90 Å². The fraction of sp³-hybridized carbons (Fsp3) is 0.849. The maximum Gasteiger partial charge on any atom is 0.414 e. The van der Waals surface area contributed by atoms with Gasteiger partial charge in [0.1, 0.15) is 24.6 Å². The normalized spacial score (nSPS) is 38.4. The molecule has 0 bridgehead atoms. The molecule has 0 radical (unpaired) electrons. The number of carbonyl (C=O) groups excluding carboxylic acids is 1. The zero-order chi connectivity index (χ0) is 54.4. The molecule has 1 unspecified atom stereocenters. The van der Waals surface area contributed by atoms with Crippen LogP contribution in [-0.4, -0.2) is 215 Å². The predicted octanol–water partition coefficient (Wildman–Crippen LogP) is 3.96. The first-order valence-corrected chi connectivity index (χ1v) is 27.4. The smallest absolute Gasteiger partial charge is 0.414 e. The number of aliphatic hydroxyl groups excluding tert-OH is 3. The van der Waals surface area contributed by atoms with Gasteiger partial charge in [0, 0.05) is 77.0 Å². The number of tetrazole rings is 1. The molecule has 1 aromatic heterocycles. The van der Waals surface area contributed by atoms with E-state index in [1.807, 2.05) is 72.4 Å². The summed E-state index contributed by atoms with van der Waals surface area (Å²) in [6, 6.07) is 4.39. The molecule has 0 aliphatic carbocycles. The molecule has 0 saturated carbocycles. The van der Waals surface area contributed by atoms with Crippen LogP contribution in [0.5, 0.6) is 0 Å². The van der Waals surface area contributed by atoms with Crippen molar-refractivity contribution in [1.82, 2.24) is 30.0 Å². The van der Waals surface area contributed by atoms with Crippen LogP contribution in [0, 0.1) is 23.6 Å². The van der Waals surface area contributed by atoms with E-state index in [0.717, 1.165) is 6.42 Å². The van der Waals surface area contributed by atoms with E-state index in [0.29, 0.717) is 95.1 Å². The Hall–Kier alpha value is -3.23. The quantitative estimate of drug-likeness (QED) is 0.198. The largest absolute Gasteiger partial charge is 0.442 e. The van der Waals surface area contributed by atoms with Crippen LogP contribution in [0.15, 0.2) is 18.2 Å². The number of cyclic esters (lactones) is 1. The topological polar surface area (TPSA) is 228 Å². The number of amides is 1. The molecule has 75 heavy (non-hydrogen) atoms. The van der Waals surface area contributed by atoms with Crippen molar-refractivity contribution >= 4 is 17.5 Å². The highest BCUT2D eigenvalue weighted by Gasteiger charge is 2.45. The molecular weight excluding hydrogens is 976 g/mol. The predicted molar refractivity (Wildman–Crippen MR) is 275 cm³/mol. The monoisotopic (exact) mass is 1060 g/mol. The Bertz CT molecular complexity index is 2110. The number of hydrogen-bond donors (Lipinski definition) is 4. The molecule has 426 valence electrons. The standard InChI is InChI=1S/C53H89FN8O13/c1-12-43-48(64)47(63)37(7)59(10)28-32(2)24-53(67,25-33(3)49(36(6)50(65)74-43)75-46-27-52(8,68-11)26-35(5)72-46)31-70-45-23-39(21-34(4)71-45)58(9)16-15-44-55-57-62(56-44)30-40-29-61(51(66)73-40)38-13-14-42(41(54)22-38)60-17-19-69-20-18-60/h13-14,22,32-37,39-40,43,45-50,63-65,67H,12,15-21,23-31H2,1-11H3/t32-,33-,34-,35+,36-,37-,39+,40-,43-,45-,46+,47-,48-,49+,50?,52+,53-/m1/s1. The van der Waals surface area contributed by atoms with E-state index in [4.69, 9.17) is 37.9 Å². The van der Waals surface area contributed by atoms with E-state index in [1.165, 1.54) is 15.8 Å². The number of anilines is 2. The summed E-state index contributed by atoms with van der Waals surface area (Å²) in [5, 5.41) is 60.6. The van der Waals surface area contributed by atoms with Crippen LogP contribution in [0.4, 0.5) is 20.6 Å². The van der Waals surface area contributed by atoms with Crippen molar-refractivity contribution in [2.45, 2.75) is 198 Å². The minimum Gasteiger partial charge on any atom is -0.442 e. The van der Waals surface area contributed by atoms with Gasteiger partial charge in [-0.25, -0.2) is 9.18 Å². The maximum absolute atomic E-state index is 15.2. The summed E-state index contributed by atoms with van der Waals surface area (Å²) in [7, 11) is 5.62. The van der Waals surface area contributed by atoms with E-state index in [-0.39, 0.29) is 56.2 Å². The first-order chi connectivity index (χ1) is 35.6. The van der Waals surface area contributed by atoms with Crippen LogP contribution in [-0.2, 0) is 50.9 Å². The van der Waals surface area contributed by atoms with Crippen LogP contribution in [0.1, 0.15) is 106 Å². The summed E-state index contributed by atoms with van der Waals surface area (Å²) in [6.45, 7) is 19.4. The molecule has 7 rings (SSSR count). The summed E-state index contributed by atoms with van der Waals surface area (Å²) in [4.78, 5) is 21.9. The molecular formula is C53H89FN8O13. The first kappa shape index (κ1) is 59.4. The van der Waals surface area contributed by atoms with Gasteiger partial charge >= 0.3 is 6.09 Å². The molecule has 1 aromatic carbocycles. The van der Waals surface area contributed by atoms with E-state index in [1.54, 1.807) is 19.2 Å². The molecule has 5 aliphatic heterocycles. The molecule has 22 heteroatoms. The molecule has 5 fully saturated rings. The van der Waals surface area contributed by atoms with Gasteiger partial charge in [0.2, 0.25) is 0 Å². The van der Waals surface area contributed by atoms with E-state index in [9.17, 15) is 25.2 Å². The second-order valence-corrected chi connectivity index (χ2v) is 22.9. The molecule has 5 aliphatic rings. The van der Waals surface area contributed by atoms with Crippen molar-refractivity contribution in [3.63, 3.8) is 0 Å². The van der Waals surface area contributed by atoms with Crippen LogP contribution in [0.2, 0.25) is 0 Å². The maximum atomic E-state index is 15.2. The molecule has 2 aromatic rings. The van der Waals surface area contributed by atoms with Crippen molar-refractivity contribution in [2.24, 2.45) is 17.8 Å². The van der Waals surface area contributed by atoms with Crippen molar-refractivity contribution in [2.75, 3.05) is 83.5 Å². The fourth-order valence-corrected chi connectivity index (χ4v) is 12.0. The van der Waals surface area contributed by atoms with Crippen LogP contribution < -0.4 is 9.80 Å². The van der Waals surface area contributed by atoms with Crippen LogP contribution in [0.3, 0.4) is 0 Å². The Kier molecular flexibility index (Phi) is 20.7. The molecule has 0 spiro atoms. The zero-order valence-electron chi connectivity index (χ0n) is 46.3. The number of morpholine rings is 1. The summed E-state index contributed by atoms with van der Waals surface area (Å²) in [5.74, 6) is -0.961. The number of rotatable bonds is 15. The molecule has 5 saturated heterocycles. The number of halogens is 1. The summed E-state index contributed by atoms with van der Waals surface area (Å²) in [6.07, 6.45) is -4.19. The highest BCUT2D eigenvalue weighted by atomic mass is 19.1. The number of aromatic nitrogens is 4. The number of hydrogen-bond acceptors (Lipinski definition) is 19. The lowest BCUT2D eigenvalue weighted by Gasteiger charge is -2.44. The highest BCUT2D eigenvalue weighted by molar-refractivity contribution is 5.90. The van der Waals surface area contributed by atoms with Gasteiger partial charge in [-0.05, 0) is 103 Å². The van der Waals surface area contributed by atoms with Gasteiger partial charge in [0.25, 0.3) is 0 Å². The Labute approximate surface area is 443 Å². The minimum atomic E-state index is -1.38. The Morgan fingerprint density at radius 1 is 0.933 bits per heavy atom. The molecule has 4 N–H and O–H groups in total. The summed E-state index contributed by atoms with van der Waals surface area (Å²) >= 11 is 0. The van der Waals surface area contributed by atoms with Gasteiger partial charge in [0.15, 0.2) is 24.7 Å². The van der Waals surface area contributed by atoms with E-state index >= 15 is 4.39 Å². The van der Waals surface area contributed by atoms with E-state index < -0.39 is 84.5 Å². The summed E-state index contributed by atoms with van der Waals surface area (Å²) < 4.78 is 64.5. The SMILES string of the molecule is CC[C@H]1OC(O)[C@H](C)[C@@H](O[C@H]2C[C@@](C)(OC)C[C@H](C)O2)[C@H](C)C[C@@](O)(CO[C@H]2C[C@@H](N(C)CCc3nnn(C[C@H]4CN(c5ccc(N6CCOCC6)c(F)c5)C(=O)O4)n3)C[C@@H](C)O2)C[C@@H](C)CN(C)[C@H](C)[C@@H](O)[C@@H]1O. The lowest BCUT2D eigenvalue weighted by molar-refractivity contribution is -0.284. The third-order valence-corrected chi connectivity index (χ3v) is 16.3. The van der Waals surface area contributed by atoms with Crippen LogP contribution in [0.25, 0.3) is 0 Å². The Morgan fingerprint density at radius 2 is 1.67 bits per heavy atom. The number of benzene rings is 1. The van der Waals surface area contributed by atoms with Gasteiger partial charge in [-0.1, -0.05) is 27.7 Å². The average Bonchev–Trinajstić information content (AvgIpc) is 3.98. The molecule has 17 atom stereocenters. The average molecular weight is 1070 g/mol. The first-order valence-electron chi connectivity index (χ1n) is 27.4. The van der Waals surface area contributed by atoms with Crippen molar-refractivity contribution in [3.8, 4) is 0 Å². The minimum absolute atomic E-state index is 0.0356. The Morgan fingerprint density at radius 3 is 2.37 bits per heavy atom. The highest BCUT2D eigenvalue weighted by Crippen LogP contribution is 2.39. The van der Waals surface area contributed by atoms with Crippen molar-refractivity contribution < 1.29 is 67.5 Å². The second kappa shape index (κ2) is 26.2. The number of carbonyl (C=O) groups is 1. The molecule has 6 heterocycles. The van der Waals surface area contributed by atoms with E-state index in [2.05, 4.69) is 27.2 Å². The number of likely N-dealkylation sites (N-methyl/N-ethyl adjacent to an activating group) is 2. The van der Waals surface area contributed by atoms with Crippen LogP contribution >= 0.6 is 0 Å². The number of ether oxygens (including phenoxy) is 8. The lowest BCUT2D eigenvalue weighted by atomic mass is 9.79. The zero-order valence-corrected chi connectivity index (χ0v) is 46.3. The Balaban J connectivity index is 0.979. The third kappa shape index (κ3) is 15.5. The second-order valence-electron chi connectivity index (χ2n) is 22.9. The summed E-state index contributed by atoms with van der Waals surface area (Å²) in [5.41, 5.74) is -0.983. The number of nitrogens with zero attached hydrogens (tertiary/aromatic N) is 8. The van der Waals surface area contributed by atoms with Crippen molar-refractivity contribution in [1.29, 1.82) is 0 Å². The van der Waals surface area contributed by atoms with Gasteiger partial charge in [-0.15, -0.1) is 10.2 Å². The van der Waals surface area contributed by atoms with Crippen molar-refractivity contribution in [3.05, 3.63) is 29.8 Å². The number of aliphatic hydroxyl groups is 4. The third-order valence-electron chi connectivity index (χ3n) is 16.3. The van der Waals surface area contributed by atoms with Gasteiger partial charge in [0.05, 0.1) is 79.5 Å². The fourth-order valence-electron chi connectivity index (χ4n) is 12.0. The van der Waals surface area contributed by atoms with Gasteiger partial charge in [-0.2, -0.15) is 4.80 Å². The van der Waals surface area contributed by atoms with Gasteiger partial charge < -0.3 is 73.0 Å².